The molecule has 1 aromatic carbocycles. The van der Waals surface area contributed by atoms with E-state index in [2.05, 4.69) is 20.9 Å². The van der Waals surface area contributed by atoms with Crippen LogP contribution in [0.2, 0.25) is 0 Å². The summed E-state index contributed by atoms with van der Waals surface area (Å²) in [6.45, 7) is 1.63. The van der Waals surface area contributed by atoms with Crippen LogP contribution in [0.3, 0.4) is 0 Å². The smallest absolute Gasteiger partial charge is 0.336 e. The Morgan fingerprint density at radius 2 is 2.19 bits per heavy atom. The average Bonchev–Trinajstić information content (AvgIpc) is 2.91. The van der Waals surface area contributed by atoms with E-state index >= 15 is 0 Å². The van der Waals surface area contributed by atoms with Gasteiger partial charge in [-0.05, 0) is 52.7 Å². The standard InChI is InChI=1S/C15H9BrFNO3/c1-7-12(15(19)20)9-5-8(17)6-10(16)14(9)18-13(7)11-3-2-4-21-11/h2-6H,1H3,(H,19,20). The number of carboxylic acid groups (broad SMARTS) is 1. The number of pyridine rings is 1. The van der Waals surface area contributed by atoms with Gasteiger partial charge in [0.1, 0.15) is 11.5 Å². The summed E-state index contributed by atoms with van der Waals surface area (Å²) in [5.74, 6) is -1.19. The van der Waals surface area contributed by atoms with Crippen molar-refractivity contribution in [3.8, 4) is 11.5 Å². The summed E-state index contributed by atoms with van der Waals surface area (Å²) >= 11 is 3.23. The molecular formula is C15H9BrFNO3. The Bertz CT molecular complexity index is 859. The van der Waals surface area contributed by atoms with Crippen molar-refractivity contribution >= 4 is 32.8 Å². The molecule has 3 rings (SSSR count). The second-order valence-corrected chi connectivity index (χ2v) is 5.38. The molecule has 21 heavy (non-hydrogen) atoms. The molecule has 2 heterocycles. The van der Waals surface area contributed by atoms with Crippen LogP contribution in [0.25, 0.3) is 22.4 Å². The molecule has 0 radical (unpaired) electrons. The first-order chi connectivity index (χ1) is 9.99. The van der Waals surface area contributed by atoms with E-state index in [4.69, 9.17) is 4.42 Å². The molecule has 0 amide bonds. The van der Waals surface area contributed by atoms with Gasteiger partial charge in [0.25, 0.3) is 0 Å². The fourth-order valence-corrected chi connectivity index (χ4v) is 2.84. The fourth-order valence-electron chi connectivity index (χ4n) is 2.32. The van der Waals surface area contributed by atoms with E-state index in [-0.39, 0.29) is 10.9 Å². The van der Waals surface area contributed by atoms with Gasteiger partial charge < -0.3 is 9.52 Å². The molecule has 3 aromatic rings. The predicted molar refractivity (Wildman–Crippen MR) is 78.8 cm³/mol. The summed E-state index contributed by atoms with van der Waals surface area (Å²) in [5.41, 5.74) is 1.26. The van der Waals surface area contributed by atoms with Crippen molar-refractivity contribution < 1.29 is 18.7 Å². The van der Waals surface area contributed by atoms with Gasteiger partial charge in [-0.25, -0.2) is 14.2 Å². The summed E-state index contributed by atoms with van der Waals surface area (Å²) in [4.78, 5) is 16.0. The lowest BCUT2D eigenvalue weighted by atomic mass is 10.0. The highest BCUT2D eigenvalue weighted by atomic mass is 79.9. The number of benzene rings is 1. The van der Waals surface area contributed by atoms with Crippen LogP contribution in [0.1, 0.15) is 15.9 Å². The second kappa shape index (κ2) is 4.96. The monoisotopic (exact) mass is 349 g/mol. The van der Waals surface area contributed by atoms with Crippen molar-refractivity contribution in [2.75, 3.05) is 0 Å². The molecule has 6 heteroatoms. The van der Waals surface area contributed by atoms with Gasteiger partial charge in [0.15, 0.2) is 5.76 Å². The molecule has 0 aliphatic carbocycles. The molecule has 0 bridgehead atoms. The van der Waals surface area contributed by atoms with Gasteiger partial charge in [0, 0.05) is 9.86 Å². The molecular weight excluding hydrogens is 341 g/mol. The van der Waals surface area contributed by atoms with E-state index in [0.29, 0.717) is 27.0 Å². The van der Waals surface area contributed by atoms with Gasteiger partial charge in [-0.15, -0.1) is 0 Å². The number of carbonyl (C=O) groups is 1. The number of hydrogen-bond donors (Lipinski definition) is 1. The minimum atomic E-state index is -1.13. The number of halogens is 2. The van der Waals surface area contributed by atoms with Crippen molar-refractivity contribution in [2.45, 2.75) is 6.92 Å². The van der Waals surface area contributed by atoms with Crippen molar-refractivity contribution in [1.82, 2.24) is 4.98 Å². The zero-order chi connectivity index (χ0) is 15.1. The molecule has 0 fully saturated rings. The topological polar surface area (TPSA) is 63.3 Å². The number of nitrogens with zero attached hydrogens (tertiary/aromatic N) is 1. The van der Waals surface area contributed by atoms with Gasteiger partial charge in [-0.1, -0.05) is 0 Å². The Morgan fingerprint density at radius 1 is 1.43 bits per heavy atom. The number of aromatic nitrogens is 1. The van der Waals surface area contributed by atoms with Crippen LogP contribution in [0, 0.1) is 12.7 Å². The maximum atomic E-state index is 13.6. The van der Waals surface area contributed by atoms with E-state index < -0.39 is 11.8 Å². The molecule has 2 aromatic heterocycles. The number of hydrogen-bond acceptors (Lipinski definition) is 3. The number of furan rings is 1. The zero-order valence-electron chi connectivity index (χ0n) is 10.9. The third-order valence-corrected chi connectivity index (χ3v) is 3.82. The van der Waals surface area contributed by atoms with Gasteiger partial charge in [-0.2, -0.15) is 0 Å². The maximum absolute atomic E-state index is 13.6. The van der Waals surface area contributed by atoms with Crippen molar-refractivity contribution in [1.29, 1.82) is 0 Å². The molecule has 106 valence electrons. The Labute approximate surface area is 127 Å². The largest absolute Gasteiger partial charge is 0.478 e. The number of carboxylic acids is 1. The third-order valence-electron chi connectivity index (χ3n) is 3.22. The highest BCUT2D eigenvalue weighted by Gasteiger charge is 2.21. The van der Waals surface area contributed by atoms with Gasteiger partial charge in [0.2, 0.25) is 0 Å². The van der Waals surface area contributed by atoms with E-state index in [1.807, 2.05) is 0 Å². The lowest BCUT2D eigenvalue weighted by Crippen LogP contribution is -2.05. The SMILES string of the molecule is Cc1c(-c2ccco2)nc2c(Br)cc(F)cc2c1C(=O)O. The van der Waals surface area contributed by atoms with Gasteiger partial charge >= 0.3 is 5.97 Å². The van der Waals surface area contributed by atoms with Crippen LogP contribution in [-0.2, 0) is 0 Å². The molecule has 4 nitrogen and oxygen atoms in total. The predicted octanol–water partition coefficient (Wildman–Crippen LogP) is 4.40. The Kier molecular flexibility index (Phi) is 3.25. The van der Waals surface area contributed by atoms with Crippen LogP contribution < -0.4 is 0 Å². The Morgan fingerprint density at radius 3 is 2.81 bits per heavy atom. The van der Waals surface area contributed by atoms with Crippen LogP contribution in [-0.4, -0.2) is 16.1 Å². The van der Waals surface area contributed by atoms with E-state index in [0.717, 1.165) is 0 Å². The minimum Gasteiger partial charge on any atom is -0.478 e. The molecule has 0 unspecified atom stereocenters. The number of rotatable bonds is 2. The van der Waals surface area contributed by atoms with Crippen LogP contribution in [0.5, 0.6) is 0 Å². The molecule has 0 spiro atoms. The summed E-state index contributed by atoms with van der Waals surface area (Å²) < 4.78 is 19.3. The van der Waals surface area contributed by atoms with Crippen LogP contribution in [0.15, 0.2) is 39.4 Å². The second-order valence-electron chi connectivity index (χ2n) is 4.53. The molecule has 0 saturated carbocycles. The molecule has 0 saturated heterocycles. The first-order valence-electron chi connectivity index (χ1n) is 6.05. The molecule has 0 atom stereocenters. The normalized spacial score (nSPS) is 11.0. The number of fused-ring (bicyclic) bond motifs is 1. The Hall–Kier alpha value is -2.21. The maximum Gasteiger partial charge on any atom is 0.336 e. The molecule has 1 N–H and O–H groups in total. The van der Waals surface area contributed by atoms with Crippen molar-refractivity contribution in [2.24, 2.45) is 0 Å². The minimum absolute atomic E-state index is 0.0200. The van der Waals surface area contributed by atoms with Crippen LogP contribution in [0.4, 0.5) is 4.39 Å². The van der Waals surface area contributed by atoms with Gasteiger partial charge in [-0.3, -0.25) is 0 Å². The lowest BCUT2D eigenvalue weighted by molar-refractivity contribution is 0.0698. The highest BCUT2D eigenvalue weighted by molar-refractivity contribution is 9.10. The first kappa shape index (κ1) is 13.8. The van der Waals surface area contributed by atoms with Crippen LogP contribution >= 0.6 is 15.9 Å². The summed E-state index contributed by atoms with van der Waals surface area (Å²) in [6, 6.07) is 5.82. The van der Waals surface area contributed by atoms with Gasteiger partial charge in [0.05, 0.1) is 17.3 Å². The zero-order valence-corrected chi connectivity index (χ0v) is 12.4. The van der Waals surface area contributed by atoms with E-state index in [1.54, 1.807) is 19.1 Å². The van der Waals surface area contributed by atoms with E-state index in [1.165, 1.54) is 18.4 Å². The third kappa shape index (κ3) is 2.21. The summed E-state index contributed by atoms with van der Waals surface area (Å²) in [7, 11) is 0. The highest BCUT2D eigenvalue weighted by Crippen LogP contribution is 2.33. The molecule has 0 aliphatic heterocycles. The molecule has 0 aliphatic rings. The van der Waals surface area contributed by atoms with E-state index in [9.17, 15) is 14.3 Å². The fraction of sp³-hybridized carbons (Fsp3) is 0.0667. The van der Waals surface area contributed by atoms with Crippen molar-refractivity contribution in [3.63, 3.8) is 0 Å². The first-order valence-corrected chi connectivity index (χ1v) is 6.85. The van der Waals surface area contributed by atoms with Crippen molar-refractivity contribution in [3.05, 3.63) is 51.9 Å². The lowest BCUT2D eigenvalue weighted by Gasteiger charge is -2.11. The Balaban J connectivity index is 2.48. The quantitative estimate of drug-likeness (QED) is 0.744. The number of aromatic carboxylic acids is 1. The average molecular weight is 350 g/mol. The summed E-state index contributed by atoms with van der Waals surface area (Å²) in [6.07, 6.45) is 1.49. The summed E-state index contributed by atoms with van der Waals surface area (Å²) in [5, 5.41) is 9.72.